The van der Waals surface area contributed by atoms with Crippen molar-refractivity contribution in [1.82, 2.24) is 5.32 Å². The fraction of sp³-hybridized carbons (Fsp3) is 0.385. The van der Waals surface area contributed by atoms with Gasteiger partial charge in [-0.3, -0.25) is 0 Å². The number of halogens is 3. The SMILES string of the molecule is CCCCC(NC(=O)Nc1c(F)cc(Br)cc1F)C(=O)O. The highest BCUT2D eigenvalue weighted by molar-refractivity contribution is 9.10. The van der Waals surface area contributed by atoms with Gasteiger partial charge in [-0.15, -0.1) is 0 Å². The lowest BCUT2D eigenvalue weighted by Crippen LogP contribution is -2.43. The summed E-state index contributed by atoms with van der Waals surface area (Å²) in [6, 6.07) is -0.0975. The van der Waals surface area contributed by atoms with Gasteiger partial charge in [0.2, 0.25) is 0 Å². The minimum atomic E-state index is -1.20. The molecule has 8 heteroatoms. The fourth-order valence-corrected chi connectivity index (χ4v) is 2.04. The third kappa shape index (κ3) is 5.30. The number of benzene rings is 1. The Hall–Kier alpha value is -1.70. The van der Waals surface area contributed by atoms with Gasteiger partial charge >= 0.3 is 12.0 Å². The van der Waals surface area contributed by atoms with Crippen molar-refractivity contribution in [3.8, 4) is 0 Å². The van der Waals surface area contributed by atoms with Crippen molar-refractivity contribution in [3.63, 3.8) is 0 Å². The van der Waals surface area contributed by atoms with Crippen molar-refractivity contribution in [1.29, 1.82) is 0 Å². The van der Waals surface area contributed by atoms with Crippen molar-refractivity contribution in [3.05, 3.63) is 28.2 Å². The number of hydrogen-bond acceptors (Lipinski definition) is 2. The van der Waals surface area contributed by atoms with Crippen LogP contribution in [0.15, 0.2) is 16.6 Å². The molecule has 116 valence electrons. The summed E-state index contributed by atoms with van der Waals surface area (Å²) in [6.45, 7) is 1.88. The molecule has 0 heterocycles. The standard InChI is InChI=1S/C13H15BrF2N2O3/c1-2-3-4-10(12(19)20)17-13(21)18-11-8(15)5-7(14)6-9(11)16/h5-6,10H,2-4H2,1H3,(H,19,20)(H2,17,18,21). The molecule has 0 radical (unpaired) electrons. The number of urea groups is 1. The van der Waals surface area contributed by atoms with Crippen LogP contribution in [0.4, 0.5) is 19.3 Å². The van der Waals surface area contributed by atoms with Crippen molar-refractivity contribution >= 4 is 33.6 Å². The van der Waals surface area contributed by atoms with E-state index >= 15 is 0 Å². The highest BCUT2D eigenvalue weighted by Gasteiger charge is 2.21. The first kappa shape index (κ1) is 17.4. The lowest BCUT2D eigenvalue weighted by Gasteiger charge is -2.15. The van der Waals surface area contributed by atoms with Crippen LogP contribution in [-0.4, -0.2) is 23.1 Å². The number of nitrogens with one attached hydrogen (secondary N) is 2. The van der Waals surface area contributed by atoms with Crippen LogP contribution >= 0.6 is 15.9 Å². The summed E-state index contributed by atoms with van der Waals surface area (Å²) >= 11 is 2.92. The topological polar surface area (TPSA) is 78.4 Å². The number of rotatable bonds is 6. The van der Waals surface area contributed by atoms with E-state index in [0.29, 0.717) is 6.42 Å². The summed E-state index contributed by atoms with van der Waals surface area (Å²) < 4.78 is 27.3. The minimum absolute atomic E-state index is 0.190. The molecule has 0 aromatic heterocycles. The Balaban J connectivity index is 2.74. The Bertz CT molecular complexity index is 517. The molecule has 0 aliphatic carbocycles. The molecule has 5 nitrogen and oxygen atoms in total. The Morgan fingerprint density at radius 2 is 1.90 bits per heavy atom. The maximum atomic E-state index is 13.5. The van der Waals surface area contributed by atoms with Gasteiger partial charge in [-0.1, -0.05) is 35.7 Å². The molecule has 0 spiro atoms. The predicted octanol–water partition coefficient (Wildman–Crippen LogP) is 3.49. The van der Waals surface area contributed by atoms with Gasteiger partial charge in [0.05, 0.1) is 0 Å². The van der Waals surface area contributed by atoms with E-state index in [1.165, 1.54) is 0 Å². The van der Waals surface area contributed by atoms with Gasteiger partial charge in [0.15, 0.2) is 11.6 Å². The van der Waals surface area contributed by atoms with Gasteiger partial charge in [0.1, 0.15) is 11.7 Å². The van der Waals surface area contributed by atoms with Crippen molar-refractivity contribution in [2.75, 3.05) is 5.32 Å². The van der Waals surface area contributed by atoms with E-state index in [9.17, 15) is 18.4 Å². The van der Waals surface area contributed by atoms with Crippen molar-refractivity contribution < 1.29 is 23.5 Å². The van der Waals surface area contributed by atoms with E-state index in [1.807, 2.05) is 12.2 Å². The largest absolute Gasteiger partial charge is 0.480 e. The van der Waals surface area contributed by atoms with E-state index in [0.717, 1.165) is 18.6 Å². The molecule has 0 bridgehead atoms. The molecular weight excluding hydrogens is 350 g/mol. The normalized spacial score (nSPS) is 11.8. The van der Waals surface area contributed by atoms with Crippen molar-refractivity contribution in [2.24, 2.45) is 0 Å². The number of amides is 2. The number of aliphatic carboxylic acids is 1. The first-order valence-electron chi connectivity index (χ1n) is 6.30. The summed E-state index contributed by atoms with van der Waals surface area (Å²) in [7, 11) is 0. The predicted molar refractivity (Wildman–Crippen MR) is 77.2 cm³/mol. The van der Waals surface area contributed by atoms with Gasteiger partial charge < -0.3 is 15.7 Å². The molecule has 2 amide bonds. The van der Waals surface area contributed by atoms with Crippen LogP contribution in [0.1, 0.15) is 26.2 Å². The van der Waals surface area contributed by atoms with Crippen LogP contribution in [0, 0.1) is 11.6 Å². The fourth-order valence-electron chi connectivity index (χ4n) is 1.64. The van der Waals surface area contributed by atoms with Crippen LogP contribution in [0.5, 0.6) is 0 Å². The Kier molecular flexibility index (Phi) is 6.54. The van der Waals surface area contributed by atoms with Gasteiger partial charge in [-0.25, -0.2) is 18.4 Å². The summed E-state index contributed by atoms with van der Waals surface area (Å²) in [5.74, 6) is -3.12. The second-order valence-electron chi connectivity index (χ2n) is 4.38. The number of hydrogen-bond donors (Lipinski definition) is 3. The van der Waals surface area contributed by atoms with Crippen LogP contribution < -0.4 is 10.6 Å². The van der Waals surface area contributed by atoms with Gasteiger partial charge in [-0.2, -0.15) is 0 Å². The zero-order chi connectivity index (χ0) is 16.0. The number of carboxylic acids is 1. The molecule has 0 aliphatic rings. The number of anilines is 1. The van der Waals surface area contributed by atoms with Gasteiger partial charge in [-0.05, 0) is 18.6 Å². The quantitative estimate of drug-likeness (QED) is 0.722. The van der Waals surface area contributed by atoms with E-state index in [4.69, 9.17) is 5.11 Å². The molecular formula is C13H15BrF2N2O3. The summed E-state index contributed by atoms with van der Waals surface area (Å²) in [4.78, 5) is 22.6. The molecule has 1 aromatic carbocycles. The number of carboxylic acid groups (broad SMARTS) is 1. The average Bonchev–Trinajstić information content (AvgIpc) is 2.38. The molecule has 1 aromatic rings. The summed E-state index contributed by atoms with van der Waals surface area (Å²) in [5.41, 5.74) is -0.629. The Morgan fingerprint density at radius 3 is 2.38 bits per heavy atom. The molecule has 0 fully saturated rings. The number of unbranched alkanes of at least 4 members (excludes halogenated alkanes) is 1. The Morgan fingerprint density at radius 1 is 1.33 bits per heavy atom. The summed E-state index contributed by atoms with van der Waals surface area (Å²) in [5, 5.41) is 13.1. The van der Waals surface area contributed by atoms with E-state index in [2.05, 4.69) is 21.2 Å². The smallest absolute Gasteiger partial charge is 0.326 e. The van der Waals surface area contributed by atoms with Crippen molar-refractivity contribution in [2.45, 2.75) is 32.2 Å². The zero-order valence-corrected chi connectivity index (χ0v) is 12.8. The maximum Gasteiger partial charge on any atom is 0.326 e. The van der Waals surface area contributed by atoms with E-state index in [1.54, 1.807) is 0 Å². The Labute approximate surface area is 128 Å². The molecule has 1 rings (SSSR count). The molecule has 3 N–H and O–H groups in total. The van der Waals surface area contributed by atoms with Crippen LogP contribution in [0.25, 0.3) is 0 Å². The highest BCUT2D eigenvalue weighted by atomic mass is 79.9. The minimum Gasteiger partial charge on any atom is -0.480 e. The van der Waals surface area contributed by atoms with Crippen LogP contribution in [0.3, 0.4) is 0 Å². The van der Waals surface area contributed by atoms with Crippen LogP contribution in [-0.2, 0) is 4.79 Å². The first-order chi connectivity index (χ1) is 9.85. The lowest BCUT2D eigenvalue weighted by atomic mass is 10.1. The monoisotopic (exact) mass is 364 g/mol. The molecule has 1 unspecified atom stereocenters. The molecule has 0 aliphatic heterocycles. The zero-order valence-electron chi connectivity index (χ0n) is 11.3. The van der Waals surface area contributed by atoms with E-state index < -0.39 is 35.4 Å². The van der Waals surface area contributed by atoms with Crippen LogP contribution in [0.2, 0.25) is 0 Å². The lowest BCUT2D eigenvalue weighted by molar-refractivity contribution is -0.139. The number of carbonyl (C=O) groups is 2. The molecule has 0 saturated carbocycles. The third-order valence-electron chi connectivity index (χ3n) is 2.70. The third-order valence-corrected chi connectivity index (χ3v) is 3.15. The van der Waals surface area contributed by atoms with Gasteiger partial charge in [0.25, 0.3) is 0 Å². The second kappa shape index (κ2) is 7.92. The average molecular weight is 365 g/mol. The molecule has 21 heavy (non-hydrogen) atoms. The highest BCUT2D eigenvalue weighted by Crippen LogP contribution is 2.23. The summed E-state index contributed by atoms with van der Waals surface area (Å²) in [6.07, 6.45) is 1.62. The van der Waals surface area contributed by atoms with Gasteiger partial charge in [0, 0.05) is 4.47 Å². The first-order valence-corrected chi connectivity index (χ1v) is 7.09. The van der Waals surface area contributed by atoms with E-state index in [-0.39, 0.29) is 10.9 Å². The molecule has 0 saturated heterocycles. The molecule has 1 atom stereocenters. The maximum absolute atomic E-state index is 13.5. The number of carbonyl (C=O) groups excluding carboxylic acids is 1. The second-order valence-corrected chi connectivity index (χ2v) is 5.29.